The summed E-state index contributed by atoms with van der Waals surface area (Å²) in [6.07, 6.45) is 0. The molecule has 3 aliphatic carbocycles. The average molecular weight is 375 g/mol. The van der Waals surface area contributed by atoms with Crippen molar-refractivity contribution in [3.63, 3.8) is 0 Å². The fourth-order valence-electron chi connectivity index (χ4n) is 5.83. The maximum Gasteiger partial charge on any atom is 0.234 e. The van der Waals surface area contributed by atoms with Crippen molar-refractivity contribution in [3.05, 3.63) is 70.8 Å². The van der Waals surface area contributed by atoms with Crippen LogP contribution < -0.4 is 4.90 Å². The second-order valence-electron chi connectivity index (χ2n) is 8.30. The number of nitrogens with one attached hydrogen (secondary N) is 1. The molecule has 0 saturated carbocycles. The summed E-state index contributed by atoms with van der Waals surface area (Å²) in [6, 6.07) is 16.8. The molecule has 2 bridgehead atoms. The molecule has 1 saturated heterocycles. The Hall–Kier alpha value is -2.46. The summed E-state index contributed by atoms with van der Waals surface area (Å²) < 4.78 is 0. The molecule has 1 aliphatic heterocycles. The summed E-state index contributed by atoms with van der Waals surface area (Å²) >= 11 is 0. The lowest BCUT2D eigenvalue weighted by molar-refractivity contribution is -0.895. The van der Waals surface area contributed by atoms with E-state index in [1.165, 1.54) is 27.2 Å². The zero-order chi connectivity index (χ0) is 19.4. The maximum atomic E-state index is 13.4. The number of nitrogens with zero attached hydrogens (tertiary/aromatic N) is 1. The van der Waals surface area contributed by atoms with E-state index < -0.39 is 0 Å². The molecule has 2 aromatic rings. The van der Waals surface area contributed by atoms with E-state index in [1.807, 2.05) is 0 Å². The SMILES string of the molecule is CC[NH+](CC)CCN1C(=O)[C@@H]2C3c4ccccc4C(c4ccccc43)[C@H]2C1=O. The van der Waals surface area contributed by atoms with E-state index in [2.05, 4.69) is 62.4 Å². The lowest BCUT2D eigenvalue weighted by atomic mass is 9.55. The van der Waals surface area contributed by atoms with Crippen LogP contribution in [0.5, 0.6) is 0 Å². The van der Waals surface area contributed by atoms with Crippen LogP contribution in [-0.4, -0.2) is 42.9 Å². The molecule has 2 amide bonds. The van der Waals surface area contributed by atoms with Gasteiger partial charge in [-0.2, -0.15) is 0 Å². The van der Waals surface area contributed by atoms with Gasteiger partial charge in [0.2, 0.25) is 11.8 Å². The minimum absolute atomic E-state index is 0.00431. The van der Waals surface area contributed by atoms with Gasteiger partial charge < -0.3 is 4.90 Å². The molecular formula is C24H27N2O2+. The van der Waals surface area contributed by atoms with Crippen molar-refractivity contribution in [1.29, 1.82) is 0 Å². The summed E-state index contributed by atoms with van der Waals surface area (Å²) in [7, 11) is 0. The molecule has 144 valence electrons. The summed E-state index contributed by atoms with van der Waals surface area (Å²) in [5, 5.41) is 0. The number of carbonyl (C=O) groups is 2. The van der Waals surface area contributed by atoms with Gasteiger partial charge in [0.1, 0.15) is 0 Å². The number of amides is 2. The zero-order valence-corrected chi connectivity index (χ0v) is 16.5. The van der Waals surface area contributed by atoms with Crippen molar-refractivity contribution < 1.29 is 14.5 Å². The molecular weight excluding hydrogens is 348 g/mol. The van der Waals surface area contributed by atoms with Crippen LogP contribution in [0.25, 0.3) is 0 Å². The summed E-state index contributed by atoms with van der Waals surface area (Å²) in [4.78, 5) is 29.9. The summed E-state index contributed by atoms with van der Waals surface area (Å²) in [5.41, 5.74) is 4.96. The van der Waals surface area contributed by atoms with E-state index in [0.717, 1.165) is 19.6 Å². The van der Waals surface area contributed by atoms with Crippen molar-refractivity contribution in [2.45, 2.75) is 25.7 Å². The minimum Gasteiger partial charge on any atom is -0.334 e. The standard InChI is InChI=1S/C24H26N2O2/c1-3-25(4-2)13-14-26-23(27)21-19-15-9-5-6-10-16(15)20(22(21)24(26)28)18-12-8-7-11-17(18)19/h5-12,19-22H,3-4,13-14H2,1-2H3/p+1/t19?,20?,21-,22-/m1/s1. The van der Waals surface area contributed by atoms with Crippen molar-refractivity contribution in [2.24, 2.45) is 11.8 Å². The normalized spacial score (nSPS) is 27.2. The third-order valence-electron chi connectivity index (χ3n) is 7.23. The molecule has 28 heavy (non-hydrogen) atoms. The number of hydrogen-bond acceptors (Lipinski definition) is 2. The van der Waals surface area contributed by atoms with Gasteiger partial charge in [-0.05, 0) is 36.1 Å². The van der Waals surface area contributed by atoms with Gasteiger partial charge in [-0.3, -0.25) is 14.5 Å². The van der Waals surface area contributed by atoms with Gasteiger partial charge >= 0.3 is 0 Å². The highest BCUT2D eigenvalue weighted by Gasteiger charge is 2.61. The van der Waals surface area contributed by atoms with Crippen molar-refractivity contribution >= 4 is 11.8 Å². The van der Waals surface area contributed by atoms with Gasteiger partial charge in [0.25, 0.3) is 0 Å². The number of carbonyl (C=O) groups excluding carboxylic acids is 2. The number of quaternary nitrogens is 1. The highest BCUT2D eigenvalue weighted by atomic mass is 16.2. The minimum atomic E-state index is -0.242. The Labute approximate surface area is 166 Å². The second-order valence-corrected chi connectivity index (χ2v) is 8.30. The van der Waals surface area contributed by atoms with Crippen molar-refractivity contribution in [1.82, 2.24) is 4.90 Å². The number of hydrogen-bond donors (Lipinski definition) is 1. The largest absolute Gasteiger partial charge is 0.334 e. The Morgan fingerprint density at radius 1 is 0.750 bits per heavy atom. The van der Waals surface area contributed by atoms with Crippen LogP contribution in [0.4, 0.5) is 0 Å². The third-order valence-corrected chi connectivity index (χ3v) is 7.23. The fourth-order valence-corrected chi connectivity index (χ4v) is 5.83. The first-order valence-corrected chi connectivity index (χ1v) is 10.5. The van der Waals surface area contributed by atoms with Crippen LogP contribution in [0.3, 0.4) is 0 Å². The van der Waals surface area contributed by atoms with Gasteiger partial charge in [-0.25, -0.2) is 0 Å². The van der Waals surface area contributed by atoms with Crippen LogP contribution in [0.1, 0.15) is 47.9 Å². The molecule has 4 heteroatoms. The molecule has 4 aliphatic rings. The number of benzene rings is 2. The van der Waals surface area contributed by atoms with E-state index in [1.54, 1.807) is 4.90 Å². The van der Waals surface area contributed by atoms with Crippen LogP contribution >= 0.6 is 0 Å². The molecule has 4 nitrogen and oxygen atoms in total. The molecule has 0 aromatic heterocycles. The van der Waals surface area contributed by atoms with Crippen molar-refractivity contribution in [3.8, 4) is 0 Å². The average Bonchev–Trinajstić information content (AvgIpc) is 3.00. The highest BCUT2D eigenvalue weighted by Crippen LogP contribution is 2.60. The van der Waals surface area contributed by atoms with Crippen LogP contribution in [-0.2, 0) is 9.59 Å². The third kappa shape index (κ3) is 2.27. The van der Waals surface area contributed by atoms with Gasteiger partial charge in [0, 0.05) is 11.8 Å². The fraction of sp³-hybridized carbons (Fsp3) is 0.417. The van der Waals surface area contributed by atoms with E-state index in [0.29, 0.717) is 6.54 Å². The van der Waals surface area contributed by atoms with Crippen LogP contribution in [0.15, 0.2) is 48.5 Å². The Bertz CT molecular complexity index is 834. The molecule has 2 atom stereocenters. The Kier molecular flexibility index (Phi) is 4.13. The first-order valence-electron chi connectivity index (χ1n) is 10.5. The number of likely N-dealkylation sites (tertiary alicyclic amines) is 1. The first-order chi connectivity index (χ1) is 13.7. The molecule has 2 aromatic carbocycles. The Morgan fingerprint density at radius 3 is 1.50 bits per heavy atom. The molecule has 0 spiro atoms. The zero-order valence-electron chi connectivity index (χ0n) is 16.5. The molecule has 0 unspecified atom stereocenters. The molecule has 1 N–H and O–H groups in total. The second kappa shape index (κ2) is 6.56. The van der Waals surface area contributed by atoms with Gasteiger partial charge in [0.15, 0.2) is 0 Å². The quantitative estimate of drug-likeness (QED) is 0.810. The summed E-state index contributed by atoms with van der Waals surface area (Å²) in [5.74, 6) is -0.390. The molecule has 1 fully saturated rings. The number of imide groups is 1. The van der Waals surface area contributed by atoms with E-state index >= 15 is 0 Å². The summed E-state index contributed by atoms with van der Waals surface area (Å²) in [6.45, 7) is 7.70. The van der Waals surface area contributed by atoms with E-state index in [9.17, 15) is 9.59 Å². The lowest BCUT2D eigenvalue weighted by Crippen LogP contribution is -3.12. The van der Waals surface area contributed by atoms with Gasteiger partial charge in [-0.1, -0.05) is 48.5 Å². The maximum absolute atomic E-state index is 13.4. The molecule has 0 radical (unpaired) electrons. The van der Waals surface area contributed by atoms with E-state index in [4.69, 9.17) is 0 Å². The van der Waals surface area contributed by atoms with Crippen LogP contribution in [0.2, 0.25) is 0 Å². The van der Waals surface area contributed by atoms with Crippen molar-refractivity contribution in [2.75, 3.05) is 26.2 Å². The molecule has 6 rings (SSSR count). The lowest BCUT2D eigenvalue weighted by Gasteiger charge is -2.45. The number of likely N-dealkylation sites (N-methyl/N-ethyl adjacent to an activating group) is 1. The van der Waals surface area contributed by atoms with E-state index in [-0.39, 0.29) is 35.5 Å². The van der Waals surface area contributed by atoms with Gasteiger partial charge in [0.05, 0.1) is 38.0 Å². The Balaban J connectivity index is 1.57. The Morgan fingerprint density at radius 2 is 1.14 bits per heavy atom. The number of rotatable bonds is 5. The van der Waals surface area contributed by atoms with Crippen LogP contribution in [0, 0.1) is 11.8 Å². The highest BCUT2D eigenvalue weighted by molar-refractivity contribution is 6.07. The molecule has 1 heterocycles. The van der Waals surface area contributed by atoms with Gasteiger partial charge in [-0.15, -0.1) is 0 Å². The monoisotopic (exact) mass is 375 g/mol. The predicted octanol–water partition coefficient (Wildman–Crippen LogP) is 1.80. The topological polar surface area (TPSA) is 41.8 Å². The predicted molar refractivity (Wildman–Crippen MR) is 107 cm³/mol. The smallest absolute Gasteiger partial charge is 0.234 e. The first kappa shape index (κ1) is 17.6.